The van der Waals surface area contributed by atoms with E-state index >= 15 is 0 Å². The molecule has 0 spiro atoms. The molecule has 0 amide bonds. The Morgan fingerprint density at radius 2 is 2.33 bits per heavy atom. The molecule has 4 nitrogen and oxygen atoms in total. The number of esters is 1. The maximum Gasteiger partial charge on any atom is 0.345 e. The Balaban J connectivity index is 2.81. The van der Waals surface area contributed by atoms with Crippen LogP contribution in [0.1, 0.15) is 18.7 Å². The van der Waals surface area contributed by atoms with Gasteiger partial charge in [-0.25, -0.2) is 9.18 Å². The number of methoxy groups -OCH3 is 1. The molecule has 1 aromatic heterocycles. The quantitative estimate of drug-likeness (QED) is 0.714. The first-order chi connectivity index (χ1) is 7.19. The molecule has 1 aromatic rings. The van der Waals surface area contributed by atoms with E-state index in [0.717, 1.165) is 0 Å². The first-order valence-corrected chi connectivity index (χ1v) is 4.48. The lowest BCUT2D eigenvalue weighted by molar-refractivity contribution is -0.149. The van der Waals surface area contributed by atoms with E-state index in [2.05, 4.69) is 9.72 Å². The number of pyridine rings is 1. The molecule has 0 aliphatic carbocycles. The van der Waals surface area contributed by atoms with Crippen LogP contribution in [-0.2, 0) is 9.53 Å². The van der Waals surface area contributed by atoms with Crippen molar-refractivity contribution in [1.29, 1.82) is 0 Å². The molecule has 0 saturated carbocycles. The van der Waals surface area contributed by atoms with Crippen molar-refractivity contribution in [3.05, 3.63) is 24.0 Å². The number of nitrogens with zero attached hydrogens (tertiary/aromatic N) is 1. The maximum atomic E-state index is 13.5. The van der Waals surface area contributed by atoms with Crippen molar-refractivity contribution in [3.8, 4) is 5.75 Å². The maximum absolute atomic E-state index is 13.5. The SMILES string of the molecule is CCOC(=O)C(F)c1cncc(OC)c1. The number of alkyl halides is 1. The van der Waals surface area contributed by atoms with Crippen LogP contribution < -0.4 is 4.74 Å². The summed E-state index contributed by atoms with van der Waals surface area (Å²) in [6.07, 6.45) is 0.887. The lowest BCUT2D eigenvalue weighted by Gasteiger charge is -2.08. The van der Waals surface area contributed by atoms with Gasteiger partial charge in [-0.2, -0.15) is 0 Å². The van der Waals surface area contributed by atoms with Crippen LogP contribution in [0.5, 0.6) is 5.75 Å². The average molecular weight is 213 g/mol. The van der Waals surface area contributed by atoms with Crippen molar-refractivity contribution in [3.63, 3.8) is 0 Å². The molecule has 1 atom stereocenters. The Labute approximate surface area is 87.0 Å². The molecule has 1 unspecified atom stereocenters. The highest BCUT2D eigenvalue weighted by atomic mass is 19.1. The Hall–Kier alpha value is -1.65. The number of halogens is 1. The number of ether oxygens (including phenoxy) is 2. The predicted octanol–water partition coefficient (Wildman–Crippen LogP) is 1.66. The summed E-state index contributed by atoms with van der Waals surface area (Å²) in [7, 11) is 1.44. The summed E-state index contributed by atoms with van der Waals surface area (Å²) in [5, 5.41) is 0. The predicted molar refractivity (Wildman–Crippen MR) is 51.3 cm³/mol. The second-order valence-corrected chi connectivity index (χ2v) is 2.77. The van der Waals surface area contributed by atoms with Crippen LogP contribution in [-0.4, -0.2) is 24.7 Å². The molecule has 0 aliphatic heterocycles. The molecule has 1 rings (SSSR count). The van der Waals surface area contributed by atoms with E-state index in [1.165, 1.54) is 25.6 Å². The molecule has 0 radical (unpaired) electrons. The second-order valence-electron chi connectivity index (χ2n) is 2.77. The molecule has 0 fully saturated rings. The van der Waals surface area contributed by atoms with Crippen LogP contribution in [0.3, 0.4) is 0 Å². The van der Waals surface area contributed by atoms with Gasteiger partial charge in [0.25, 0.3) is 0 Å². The highest BCUT2D eigenvalue weighted by molar-refractivity contribution is 5.76. The summed E-state index contributed by atoms with van der Waals surface area (Å²) in [5.41, 5.74) is 0.132. The van der Waals surface area contributed by atoms with E-state index in [4.69, 9.17) is 4.74 Å². The fraction of sp³-hybridized carbons (Fsp3) is 0.400. The molecule has 0 aliphatic rings. The van der Waals surface area contributed by atoms with E-state index in [1.807, 2.05) is 0 Å². The van der Waals surface area contributed by atoms with Gasteiger partial charge in [0.1, 0.15) is 5.75 Å². The zero-order chi connectivity index (χ0) is 11.3. The molecular weight excluding hydrogens is 201 g/mol. The van der Waals surface area contributed by atoms with Gasteiger partial charge in [-0.3, -0.25) is 4.98 Å². The summed E-state index contributed by atoms with van der Waals surface area (Å²) in [4.78, 5) is 14.8. The van der Waals surface area contributed by atoms with Gasteiger partial charge in [-0.15, -0.1) is 0 Å². The summed E-state index contributed by atoms with van der Waals surface area (Å²) < 4.78 is 22.9. The molecule has 0 N–H and O–H groups in total. The topological polar surface area (TPSA) is 48.4 Å². The minimum atomic E-state index is -1.81. The fourth-order valence-electron chi connectivity index (χ4n) is 1.04. The molecule has 0 bridgehead atoms. The van der Waals surface area contributed by atoms with Crippen molar-refractivity contribution in [2.75, 3.05) is 13.7 Å². The Bertz CT molecular complexity index is 343. The van der Waals surface area contributed by atoms with Crippen LogP contribution in [0.2, 0.25) is 0 Å². The lowest BCUT2D eigenvalue weighted by Crippen LogP contribution is -2.12. The van der Waals surface area contributed by atoms with Crippen LogP contribution in [0.25, 0.3) is 0 Å². The summed E-state index contributed by atoms with van der Waals surface area (Å²) >= 11 is 0. The van der Waals surface area contributed by atoms with Gasteiger partial charge in [0, 0.05) is 11.8 Å². The Kier molecular flexibility index (Phi) is 4.03. The minimum absolute atomic E-state index is 0.132. The highest BCUT2D eigenvalue weighted by Gasteiger charge is 2.21. The van der Waals surface area contributed by atoms with Crippen molar-refractivity contribution in [2.24, 2.45) is 0 Å². The Morgan fingerprint density at radius 3 is 2.93 bits per heavy atom. The third kappa shape index (κ3) is 2.90. The van der Waals surface area contributed by atoms with E-state index in [9.17, 15) is 9.18 Å². The molecule has 0 aromatic carbocycles. The van der Waals surface area contributed by atoms with Gasteiger partial charge in [0.15, 0.2) is 0 Å². The Morgan fingerprint density at radius 1 is 1.60 bits per heavy atom. The first kappa shape index (κ1) is 11.4. The zero-order valence-corrected chi connectivity index (χ0v) is 8.57. The zero-order valence-electron chi connectivity index (χ0n) is 8.57. The number of hydrogen-bond donors (Lipinski definition) is 0. The van der Waals surface area contributed by atoms with Gasteiger partial charge in [-0.1, -0.05) is 0 Å². The number of carbonyl (C=O) groups excluding carboxylic acids is 1. The number of hydrogen-bond acceptors (Lipinski definition) is 4. The normalized spacial score (nSPS) is 11.9. The molecule has 5 heteroatoms. The fourth-order valence-corrected chi connectivity index (χ4v) is 1.04. The third-order valence-corrected chi connectivity index (χ3v) is 1.76. The minimum Gasteiger partial charge on any atom is -0.495 e. The first-order valence-electron chi connectivity index (χ1n) is 4.48. The average Bonchev–Trinajstić information content (AvgIpc) is 2.28. The standard InChI is InChI=1S/C10H12FNO3/c1-3-15-10(13)9(11)7-4-8(14-2)6-12-5-7/h4-6,9H,3H2,1-2H3. The van der Waals surface area contributed by atoms with Gasteiger partial charge in [0.2, 0.25) is 6.17 Å². The monoisotopic (exact) mass is 213 g/mol. The van der Waals surface area contributed by atoms with Crippen LogP contribution in [0, 0.1) is 0 Å². The van der Waals surface area contributed by atoms with E-state index < -0.39 is 12.1 Å². The number of carbonyl (C=O) groups is 1. The van der Waals surface area contributed by atoms with Gasteiger partial charge in [0.05, 0.1) is 19.9 Å². The summed E-state index contributed by atoms with van der Waals surface area (Å²) in [5.74, 6) is -0.507. The van der Waals surface area contributed by atoms with Gasteiger partial charge >= 0.3 is 5.97 Å². The largest absolute Gasteiger partial charge is 0.495 e. The molecular formula is C10H12FNO3. The number of aromatic nitrogens is 1. The third-order valence-electron chi connectivity index (χ3n) is 1.76. The van der Waals surface area contributed by atoms with Crippen LogP contribution in [0.4, 0.5) is 4.39 Å². The number of rotatable bonds is 4. The second kappa shape index (κ2) is 5.29. The smallest absolute Gasteiger partial charge is 0.345 e. The van der Waals surface area contributed by atoms with Crippen molar-refractivity contribution >= 4 is 5.97 Å². The van der Waals surface area contributed by atoms with Gasteiger partial charge < -0.3 is 9.47 Å². The van der Waals surface area contributed by atoms with Crippen LogP contribution >= 0.6 is 0 Å². The van der Waals surface area contributed by atoms with Crippen molar-refractivity contribution in [1.82, 2.24) is 4.98 Å². The molecule has 1 heterocycles. The van der Waals surface area contributed by atoms with Crippen molar-refractivity contribution in [2.45, 2.75) is 13.1 Å². The molecule has 82 valence electrons. The van der Waals surface area contributed by atoms with E-state index in [0.29, 0.717) is 5.75 Å². The van der Waals surface area contributed by atoms with E-state index in [1.54, 1.807) is 6.92 Å². The molecule has 15 heavy (non-hydrogen) atoms. The summed E-state index contributed by atoms with van der Waals surface area (Å²) in [6, 6.07) is 1.41. The highest BCUT2D eigenvalue weighted by Crippen LogP contribution is 2.21. The van der Waals surface area contributed by atoms with Gasteiger partial charge in [-0.05, 0) is 13.0 Å². The summed E-state index contributed by atoms with van der Waals surface area (Å²) in [6.45, 7) is 1.77. The van der Waals surface area contributed by atoms with Crippen molar-refractivity contribution < 1.29 is 18.7 Å². The van der Waals surface area contributed by atoms with E-state index in [-0.39, 0.29) is 12.2 Å². The molecule has 0 saturated heterocycles. The lowest BCUT2D eigenvalue weighted by atomic mass is 10.2. The van der Waals surface area contributed by atoms with Crippen LogP contribution in [0.15, 0.2) is 18.5 Å².